The van der Waals surface area contributed by atoms with Crippen LogP contribution in [0.2, 0.25) is 0 Å². The first-order valence-electron chi connectivity index (χ1n) is 12.4. The van der Waals surface area contributed by atoms with E-state index < -0.39 is 5.82 Å². The third-order valence-electron chi connectivity index (χ3n) is 6.58. The summed E-state index contributed by atoms with van der Waals surface area (Å²) in [7, 11) is 0. The molecule has 0 unspecified atom stereocenters. The van der Waals surface area contributed by atoms with Gasteiger partial charge in [-0.1, -0.05) is 10.4 Å². The van der Waals surface area contributed by atoms with Gasteiger partial charge in [-0.2, -0.15) is 0 Å². The van der Waals surface area contributed by atoms with Crippen LogP contribution >= 0.6 is 0 Å². The van der Waals surface area contributed by atoms with E-state index in [9.17, 15) is 9.18 Å². The highest BCUT2D eigenvalue weighted by atomic mass is 19.1. The van der Waals surface area contributed by atoms with E-state index in [0.29, 0.717) is 41.0 Å². The molecule has 0 bridgehead atoms. The molecule has 9 nitrogen and oxygen atoms in total. The molecule has 1 aliphatic heterocycles. The van der Waals surface area contributed by atoms with Gasteiger partial charge in [0.2, 0.25) is 0 Å². The molecule has 0 aliphatic carbocycles. The minimum atomic E-state index is -0.454. The average molecular weight is 504 g/mol. The average Bonchev–Trinajstić information content (AvgIpc) is 3.54. The molecule has 2 aromatic heterocycles. The molecule has 1 saturated heterocycles. The molecule has 2 aromatic carbocycles. The summed E-state index contributed by atoms with van der Waals surface area (Å²) >= 11 is 0. The first-order chi connectivity index (χ1) is 17.9. The Morgan fingerprint density at radius 3 is 2.51 bits per heavy atom. The van der Waals surface area contributed by atoms with Gasteiger partial charge >= 0.3 is 0 Å². The lowest BCUT2D eigenvalue weighted by molar-refractivity contribution is 0.102. The number of aryl methyl sites for hydroxylation is 1. The molecule has 192 valence electrons. The number of aromatic nitrogens is 4. The molecule has 1 N–H and O–H groups in total. The van der Waals surface area contributed by atoms with Gasteiger partial charge in [-0.25, -0.2) is 9.07 Å². The van der Waals surface area contributed by atoms with Crippen molar-refractivity contribution in [3.05, 3.63) is 77.6 Å². The normalized spacial score (nSPS) is 14.4. The molecule has 10 heteroatoms. The van der Waals surface area contributed by atoms with Crippen molar-refractivity contribution in [2.24, 2.45) is 0 Å². The maximum Gasteiger partial charge on any atom is 0.255 e. The monoisotopic (exact) mass is 503 g/mol. The van der Waals surface area contributed by atoms with Gasteiger partial charge in [-0.15, -0.1) is 5.10 Å². The fourth-order valence-electron chi connectivity index (χ4n) is 4.48. The summed E-state index contributed by atoms with van der Waals surface area (Å²) < 4.78 is 21.2. The van der Waals surface area contributed by atoms with Crippen LogP contribution in [0.3, 0.4) is 0 Å². The number of carbonyl (C=O) groups excluding carboxylic acids is 1. The van der Waals surface area contributed by atoms with Crippen LogP contribution in [-0.4, -0.2) is 63.2 Å². The lowest BCUT2D eigenvalue weighted by Crippen LogP contribution is -2.48. The molecule has 1 aliphatic rings. The van der Waals surface area contributed by atoms with E-state index in [0.717, 1.165) is 31.9 Å². The third-order valence-corrected chi connectivity index (χ3v) is 6.58. The van der Waals surface area contributed by atoms with Crippen LogP contribution in [0.4, 0.5) is 15.8 Å². The molecule has 1 fully saturated rings. The summed E-state index contributed by atoms with van der Waals surface area (Å²) in [4.78, 5) is 17.7. The molecular formula is C27H30FN7O2. The van der Waals surface area contributed by atoms with Gasteiger partial charge in [-0.05, 0) is 63.2 Å². The lowest BCUT2D eigenvalue weighted by atomic mass is 10.1. The highest BCUT2D eigenvalue weighted by Crippen LogP contribution is 2.25. The van der Waals surface area contributed by atoms with E-state index in [1.165, 1.54) is 12.1 Å². The Morgan fingerprint density at radius 2 is 1.84 bits per heavy atom. The second kappa shape index (κ2) is 10.5. The van der Waals surface area contributed by atoms with Crippen LogP contribution in [0.15, 0.2) is 59.3 Å². The maximum atomic E-state index is 14.6. The van der Waals surface area contributed by atoms with Crippen LogP contribution < -0.4 is 10.2 Å². The second-order valence-corrected chi connectivity index (χ2v) is 9.54. The SMILES string of the molecule is Cc1cc(Cn2cc(-c3cc(NC(=O)c4ccc(N5CCN(C(C)C)CC5)cc4)ccc3F)nn2)no1. The van der Waals surface area contributed by atoms with Gasteiger partial charge in [0.1, 0.15) is 23.0 Å². The van der Waals surface area contributed by atoms with Crippen molar-refractivity contribution in [1.29, 1.82) is 0 Å². The minimum Gasteiger partial charge on any atom is -0.369 e. The number of anilines is 2. The number of carbonyl (C=O) groups is 1. The van der Waals surface area contributed by atoms with E-state index in [1.54, 1.807) is 23.0 Å². The van der Waals surface area contributed by atoms with E-state index >= 15 is 0 Å². The molecule has 0 saturated carbocycles. The summed E-state index contributed by atoms with van der Waals surface area (Å²) in [5.74, 6) is -0.0213. The number of nitrogens with one attached hydrogen (secondary N) is 1. The molecular weight excluding hydrogens is 473 g/mol. The van der Waals surface area contributed by atoms with E-state index in [2.05, 4.69) is 44.4 Å². The van der Waals surface area contributed by atoms with Crippen LogP contribution in [-0.2, 0) is 6.54 Å². The summed E-state index contributed by atoms with van der Waals surface area (Å²) in [6.07, 6.45) is 1.63. The van der Waals surface area contributed by atoms with Gasteiger partial charge in [0.15, 0.2) is 0 Å². The zero-order valence-corrected chi connectivity index (χ0v) is 21.2. The molecule has 5 rings (SSSR count). The quantitative estimate of drug-likeness (QED) is 0.404. The number of benzene rings is 2. The van der Waals surface area contributed by atoms with Crippen molar-refractivity contribution in [3.63, 3.8) is 0 Å². The Hall–Kier alpha value is -4.05. The van der Waals surface area contributed by atoms with E-state index in [-0.39, 0.29) is 11.5 Å². The number of hydrogen-bond donors (Lipinski definition) is 1. The van der Waals surface area contributed by atoms with Crippen molar-refractivity contribution in [2.75, 3.05) is 36.4 Å². The van der Waals surface area contributed by atoms with Crippen molar-refractivity contribution >= 4 is 17.3 Å². The van der Waals surface area contributed by atoms with Crippen LogP contribution in [0.1, 0.15) is 35.7 Å². The fourth-order valence-corrected chi connectivity index (χ4v) is 4.48. The van der Waals surface area contributed by atoms with E-state index in [1.807, 2.05) is 31.2 Å². The van der Waals surface area contributed by atoms with Crippen molar-refractivity contribution in [2.45, 2.75) is 33.4 Å². The first-order valence-corrected chi connectivity index (χ1v) is 12.4. The Bertz CT molecular complexity index is 1370. The summed E-state index contributed by atoms with van der Waals surface area (Å²) in [6.45, 7) is 10.6. The van der Waals surface area contributed by atoms with Crippen molar-refractivity contribution in [3.8, 4) is 11.3 Å². The number of halogens is 1. The highest BCUT2D eigenvalue weighted by molar-refractivity contribution is 6.04. The van der Waals surface area contributed by atoms with E-state index in [4.69, 9.17) is 4.52 Å². The largest absolute Gasteiger partial charge is 0.369 e. The molecule has 0 atom stereocenters. The Balaban J connectivity index is 1.24. The van der Waals surface area contributed by atoms with Crippen LogP contribution in [0.5, 0.6) is 0 Å². The van der Waals surface area contributed by atoms with Crippen LogP contribution in [0, 0.1) is 12.7 Å². The lowest BCUT2D eigenvalue weighted by Gasteiger charge is -2.38. The molecule has 3 heterocycles. The van der Waals surface area contributed by atoms with Gasteiger partial charge in [0.05, 0.1) is 12.7 Å². The minimum absolute atomic E-state index is 0.247. The standard InChI is InChI=1S/C27H30FN7O2/c1-18(2)33-10-12-34(13-11-33)23-7-4-20(5-8-23)27(36)29-21-6-9-25(28)24(15-21)26-17-35(32-30-26)16-22-14-19(3)37-31-22/h4-9,14-15,17-18H,10-13,16H2,1-3H3,(H,29,36). The molecule has 0 radical (unpaired) electrons. The second-order valence-electron chi connectivity index (χ2n) is 9.54. The zero-order chi connectivity index (χ0) is 25.9. The number of amides is 1. The predicted molar refractivity (Wildman–Crippen MR) is 139 cm³/mol. The molecule has 37 heavy (non-hydrogen) atoms. The number of hydrogen-bond acceptors (Lipinski definition) is 7. The van der Waals surface area contributed by atoms with Crippen LogP contribution in [0.25, 0.3) is 11.3 Å². The summed E-state index contributed by atoms with van der Waals surface area (Å²) in [5, 5.41) is 14.9. The van der Waals surface area contributed by atoms with Gasteiger partial charge in [0.25, 0.3) is 5.91 Å². The molecule has 0 spiro atoms. The molecule has 1 amide bonds. The third kappa shape index (κ3) is 5.69. The Kier molecular flexibility index (Phi) is 7.00. The van der Waals surface area contributed by atoms with Crippen molar-refractivity contribution in [1.82, 2.24) is 25.1 Å². The van der Waals surface area contributed by atoms with Crippen molar-refractivity contribution < 1.29 is 13.7 Å². The topological polar surface area (TPSA) is 92.3 Å². The summed E-state index contributed by atoms with van der Waals surface area (Å²) in [6, 6.07) is 14.3. The van der Waals surface area contributed by atoms with Gasteiger partial charge < -0.3 is 14.7 Å². The smallest absolute Gasteiger partial charge is 0.255 e. The number of rotatable bonds is 7. The predicted octanol–water partition coefficient (Wildman–Crippen LogP) is 4.21. The van der Waals surface area contributed by atoms with Gasteiger partial charge in [0, 0.05) is 60.8 Å². The van der Waals surface area contributed by atoms with Gasteiger partial charge in [-0.3, -0.25) is 9.69 Å². The fraction of sp³-hybridized carbons (Fsp3) is 0.333. The highest BCUT2D eigenvalue weighted by Gasteiger charge is 2.19. The maximum absolute atomic E-state index is 14.6. The Labute approximate surface area is 214 Å². The number of nitrogens with zero attached hydrogens (tertiary/aromatic N) is 6. The number of piperazine rings is 1. The Morgan fingerprint density at radius 1 is 1.08 bits per heavy atom. The summed E-state index contributed by atoms with van der Waals surface area (Å²) in [5.41, 5.74) is 3.40. The first kappa shape index (κ1) is 24.6. The molecule has 4 aromatic rings. The zero-order valence-electron chi connectivity index (χ0n) is 21.2.